The van der Waals surface area contributed by atoms with Gasteiger partial charge in [-0.2, -0.15) is 5.10 Å². The van der Waals surface area contributed by atoms with Crippen molar-refractivity contribution in [2.45, 2.75) is 32.4 Å². The number of fused-ring (bicyclic) bond motifs is 1. The fraction of sp³-hybridized carbons (Fsp3) is 0.500. The zero-order valence-electron chi connectivity index (χ0n) is 11.8. The predicted octanol–water partition coefficient (Wildman–Crippen LogP) is 0.645. The predicted molar refractivity (Wildman–Crippen MR) is 76.1 cm³/mol. The van der Waals surface area contributed by atoms with E-state index in [0.29, 0.717) is 19.0 Å². The molecule has 2 aromatic rings. The number of aromatic nitrogens is 3. The highest BCUT2D eigenvalue weighted by Gasteiger charge is 2.17. The number of hydrogen-bond donors (Lipinski definition) is 2. The van der Waals surface area contributed by atoms with Crippen LogP contribution in [0.1, 0.15) is 24.1 Å². The molecule has 0 spiro atoms. The Morgan fingerprint density at radius 3 is 3.15 bits per heavy atom. The Bertz CT molecular complexity index is 638. The van der Waals surface area contributed by atoms with Crippen LogP contribution in [0.15, 0.2) is 12.3 Å². The van der Waals surface area contributed by atoms with Gasteiger partial charge in [-0.25, -0.2) is 4.98 Å². The zero-order valence-corrected chi connectivity index (χ0v) is 11.8. The molecule has 1 saturated heterocycles. The topological polar surface area (TPSA) is 71.8 Å². The van der Waals surface area contributed by atoms with E-state index in [1.54, 1.807) is 4.68 Å². The van der Waals surface area contributed by atoms with Crippen LogP contribution in [-0.4, -0.2) is 33.3 Å². The van der Waals surface area contributed by atoms with E-state index in [9.17, 15) is 4.79 Å². The third kappa shape index (κ3) is 2.51. The molecule has 3 rings (SSSR count). The lowest BCUT2D eigenvalue weighted by Gasteiger charge is -2.23. The number of piperidine rings is 1. The molecule has 1 fully saturated rings. The number of aryl methyl sites for hydroxylation is 2. The van der Waals surface area contributed by atoms with Crippen molar-refractivity contribution in [3.05, 3.63) is 23.5 Å². The molecule has 3 heterocycles. The molecule has 2 N–H and O–H groups in total. The molecule has 1 unspecified atom stereocenters. The Kier molecular flexibility index (Phi) is 3.40. The van der Waals surface area contributed by atoms with Crippen LogP contribution in [0.4, 0.5) is 0 Å². The second-order valence-corrected chi connectivity index (χ2v) is 5.34. The van der Waals surface area contributed by atoms with E-state index in [1.807, 2.05) is 20.2 Å². The highest BCUT2D eigenvalue weighted by molar-refractivity contribution is 5.78. The van der Waals surface area contributed by atoms with Crippen LogP contribution in [0.5, 0.6) is 0 Å². The molecule has 0 aromatic carbocycles. The van der Waals surface area contributed by atoms with Crippen molar-refractivity contribution in [1.82, 2.24) is 25.4 Å². The number of carbonyl (C=O) groups is 1. The van der Waals surface area contributed by atoms with Crippen LogP contribution >= 0.6 is 0 Å². The standard InChI is InChI=1S/C14H19N5O/c1-9-12-5-10(7-17-14(12)19(2)18-9)6-15-11-3-4-13(20)16-8-11/h5,7,11,15H,3-4,6,8H2,1-2H3,(H,16,20). The first-order chi connectivity index (χ1) is 9.63. The summed E-state index contributed by atoms with van der Waals surface area (Å²) in [6.07, 6.45) is 3.39. The lowest BCUT2D eigenvalue weighted by atomic mass is 10.1. The summed E-state index contributed by atoms with van der Waals surface area (Å²) in [5.74, 6) is 0.150. The zero-order chi connectivity index (χ0) is 14.1. The van der Waals surface area contributed by atoms with E-state index in [1.165, 1.54) is 0 Å². The minimum Gasteiger partial charge on any atom is -0.355 e. The number of carbonyl (C=O) groups excluding carboxylic acids is 1. The van der Waals surface area contributed by atoms with Crippen LogP contribution < -0.4 is 10.6 Å². The molecule has 1 amide bonds. The fourth-order valence-corrected chi connectivity index (χ4v) is 2.62. The van der Waals surface area contributed by atoms with Crippen molar-refractivity contribution in [3.8, 4) is 0 Å². The van der Waals surface area contributed by atoms with E-state index in [0.717, 1.165) is 35.3 Å². The van der Waals surface area contributed by atoms with Gasteiger partial charge < -0.3 is 10.6 Å². The lowest BCUT2D eigenvalue weighted by Crippen LogP contribution is -2.45. The van der Waals surface area contributed by atoms with Crippen molar-refractivity contribution in [3.63, 3.8) is 0 Å². The first kappa shape index (κ1) is 13.1. The maximum atomic E-state index is 11.1. The van der Waals surface area contributed by atoms with Gasteiger partial charge in [0.15, 0.2) is 5.65 Å². The monoisotopic (exact) mass is 273 g/mol. The van der Waals surface area contributed by atoms with E-state index in [4.69, 9.17) is 0 Å². The Morgan fingerprint density at radius 2 is 2.40 bits per heavy atom. The Balaban J connectivity index is 1.68. The van der Waals surface area contributed by atoms with Gasteiger partial charge >= 0.3 is 0 Å². The molecule has 20 heavy (non-hydrogen) atoms. The second kappa shape index (κ2) is 5.20. The number of nitrogens with zero attached hydrogens (tertiary/aromatic N) is 3. The molecular formula is C14H19N5O. The molecule has 6 nitrogen and oxygen atoms in total. The minimum absolute atomic E-state index is 0.150. The number of pyridine rings is 1. The van der Waals surface area contributed by atoms with Crippen molar-refractivity contribution in [2.24, 2.45) is 7.05 Å². The van der Waals surface area contributed by atoms with Gasteiger partial charge in [0.05, 0.1) is 5.69 Å². The van der Waals surface area contributed by atoms with E-state index in [-0.39, 0.29) is 5.91 Å². The summed E-state index contributed by atoms with van der Waals surface area (Å²) in [6.45, 7) is 3.47. The number of nitrogens with one attached hydrogen (secondary N) is 2. The summed E-state index contributed by atoms with van der Waals surface area (Å²) in [5.41, 5.74) is 3.06. The highest BCUT2D eigenvalue weighted by atomic mass is 16.1. The minimum atomic E-state index is 0.150. The normalized spacial score (nSPS) is 19.3. The molecule has 2 aromatic heterocycles. The molecule has 1 aliphatic heterocycles. The van der Waals surface area contributed by atoms with Crippen LogP contribution in [-0.2, 0) is 18.4 Å². The van der Waals surface area contributed by atoms with E-state index >= 15 is 0 Å². The first-order valence-electron chi connectivity index (χ1n) is 6.92. The van der Waals surface area contributed by atoms with Gasteiger partial charge in [-0.05, 0) is 25.0 Å². The van der Waals surface area contributed by atoms with Gasteiger partial charge in [-0.3, -0.25) is 9.48 Å². The van der Waals surface area contributed by atoms with Gasteiger partial charge in [0, 0.05) is 44.2 Å². The largest absolute Gasteiger partial charge is 0.355 e. The molecule has 6 heteroatoms. The molecule has 0 bridgehead atoms. The van der Waals surface area contributed by atoms with Crippen molar-refractivity contribution in [2.75, 3.05) is 6.54 Å². The number of rotatable bonds is 3. The Labute approximate surface area is 117 Å². The first-order valence-corrected chi connectivity index (χ1v) is 6.92. The second-order valence-electron chi connectivity index (χ2n) is 5.34. The smallest absolute Gasteiger partial charge is 0.220 e. The van der Waals surface area contributed by atoms with Gasteiger partial charge in [-0.15, -0.1) is 0 Å². The molecule has 0 radical (unpaired) electrons. The third-order valence-electron chi connectivity index (χ3n) is 3.78. The van der Waals surface area contributed by atoms with Crippen LogP contribution in [0, 0.1) is 6.92 Å². The molecule has 0 saturated carbocycles. The van der Waals surface area contributed by atoms with Gasteiger partial charge in [0.1, 0.15) is 0 Å². The number of amides is 1. The molecular weight excluding hydrogens is 254 g/mol. The quantitative estimate of drug-likeness (QED) is 0.861. The summed E-state index contributed by atoms with van der Waals surface area (Å²) >= 11 is 0. The summed E-state index contributed by atoms with van der Waals surface area (Å²) in [6, 6.07) is 2.48. The third-order valence-corrected chi connectivity index (χ3v) is 3.78. The lowest BCUT2D eigenvalue weighted by molar-refractivity contribution is -0.122. The molecule has 106 valence electrons. The average Bonchev–Trinajstić information content (AvgIpc) is 2.73. The fourth-order valence-electron chi connectivity index (χ4n) is 2.62. The van der Waals surface area contributed by atoms with Crippen molar-refractivity contribution >= 4 is 16.9 Å². The molecule has 1 atom stereocenters. The van der Waals surface area contributed by atoms with E-state index < -0.39 is 0 Å². The average molecular weight is 273 g/mol. The summed E-state index contributed by atoms with van der Waals surface area (Å²) < 4.78 is 1.80. The Hall–Kier alpha value is -1.95. The summed E-state index contributed by atoms with van der Waals surface area (Å²) in [5, 5.41) is 11.8. The Morgan fingerprint density at radius 1 is 1.55 bits per heavy atom. The highest BCUT2D eigenvalue weighted by Crippen LogP contribution is 2.16. The molecule has 0 aliphatic carbocycles. The van der Waals surface area contributed by atoms with Crippen molar-refractivity contribution in [1.29, 1.82) is 0 Å². The molecule has 1 aliphatic rings. The van der Waals surface area contributed by atoms with Crippen molar-refractivity contribution < 1.29 is 4.79 Å². The van der Waals surface area contributed by atoms with Crippen LogP contribution in [0.2, 0.25) is 0 Å². The maximum Gasteiger partial charge on any atom is 0.220 e. The maximum absolute atomic E-state index is 11.1. The number of hydrogen-bond acceptors (Lipinski definition) is 4. The SMILES string of the molecule is Cc1nn(C)c2ncc(CNC3CCC(=O)NC3)cc12. The van der Waals surface area contributed by atoms with Gasteiger partial charge in [-0.1, -0.05) is 0 Å². The van der Waals surface area contributed by atoms with Crippen LogP contribution in [0.25, 0.3) is 11.0 Å². The van der Waals surface area contributed by atoms with E-state index in [2.05, 4.69) is 26.8 Å². The summed E-state index contributed by atoms with van der Waals surface area (Å²) in [4.78, 5) is 15.6. The van der Waals surface area contributed by atoms with Gasteiger partial charge in [0.2, 0.25) is 5.91 Å². The van der Waals surface area contributed by atoms with Gasteiger partial charge in [0.25, 0.3) is 0 Å². The van der Waals surface area contributed by atoms with Crippen LogP contribution in [0.3, 0.4) is 0 Å². The summed E-state index contributed by atoms with van der Waals surface area (Å²) in [7, 11) is 1.91.